The summed E-state index contributed by atoms with van der Waals surface area (Å²) in [5.41, 5.74) is 2.31. The number of fused-ring (bicyclic) bond motifs is 2. The number of carbonyl (C=O) groups excluding carboxylic acids is 1. The van der Waals surface area contributed by atoms with Gasteiger partial charge in [0.1, 0.15) is 17.3 Å². The van der Waals surface area contributed by atoms with Gasteiger partial charge in [0, 0.05) is 37.2 Å². The van der Waals surface area contributed by atoms with Crippen LogP contribution in [0.1, 0.15) is 24.8 Å². The van der Waals surface area contributed by atoms with Gasteiger partial charge in [-0.1, -0.05) is 43.0 Å². The molecule has 2 aliphatic rings. The number of aryl methyl sites for hydroxylation is 1. The molecule has 4 aromatic rings. The first-order valence-electron chi connectivity index (χ1n) is 14.9. The highest BCUT2D eigenvalue weighted by Crippen LogP contribution is 2.46. The van der Waals surface area contributed by atoms with E-state index < -0.39 is 5.82 Å². The van der Waals surface area contributed by atoms with Crippen LogP contribution in [0.25, 0.3) is 33.1 Å². The third-order valence-electron chi connectivity index (χ3n) is 8.65. The highest BCUT2D eigenvalue weighted by Gasteiger charge is 2.44. The van der Waals surface area contributed by atoms with Crippen LogP contribution in [0.3, 0.4) is 0 Å². The molecule has 6 rings (SSSR count). The molecule has 0 spiro atoms. The molecular weight excluding hydrogens is 557 g/mol. The third kappa shape index (κ3) is 5.67. The molecule has 2 aromatic heterocycles. The zero-order chi connectivity index (χ0) is 31.0. The highest BCUT2D eigenvalue weighted by molar-refractivity contribution is 5.99. The van der Waals surface area contributed by atoms with Crippen LogP contribution in [0.5, 0.6) is 6.01 Å². The molecule has 1 amide bonds. The molecule has 1 atom stereocenters. The van der Waals surface area contributed by atoms with E-state index in [1.165, 1.54) is 12.1 Å². The number of carbonyl (C=O) groups is 1. The fraction of sp³-hybridized carbons (Fsp3) is 0.382. The standard InChI is InChI=1S/C34H36FN7O2/c1-5-28(43)42-17-16-41(19-24(42)12-15-36)32-26-18-27(35)30(25-11-7-10-23-9-6-8-22(2)29(23)25)37-31(26)38-33(39-32)44-21-34(13-14-34)20-40(3)4/h5-11,18,24H,1,12-14,16-17,19-21H2,2-4H3/t24-/m0/s1. The largest absolute Gasteiger partial charge is 0.463 e. The summed E-state index contributed by atoms with van der Waals surface area (Å²) in [6, 6.07) is 15.2. The third-order valence-corrected chi connectivity index (χ3v) is 8.65. The Balaban J connectivity index is 1.45. The van der Waals surface area contributed by atoms with Crippen LogP contribution in [0.15, 0.2) is 55.1 Å². The average molecular weight is 594 g/mol. The van der Waals surface area contributed by atoms with E-state index >= 15 is 4.39 Å². The van der Waals surface area contributed by atoms with Gasteiger partial charge >= 0.3 is 6.01 Å². The summed E-state index contributed by atoms with van der Waals surface area (Å²) >= 11 is 0. The molecule has 10 heteroatoms. The Labute approximate surface area is 256 Å². The van der Waals surface area contributed by atoms with Crippen LogP contribution >= 0.6 is 0 Å². The maximum absolute atomic E-state index is 16.1. The lowest BCUT2D eigenvalue weighted by Crippen LogP contribution is -2.55. The van der Waals surface area contributed by atoms with E-state index in [-0.39, 0.29) is 35.5 Å². The van der Waals surface area contributed by atoms with Gasteiger partial charge in [-0.15, -0.1) is 0 Å². The minimum atomic E-state index is -0.483. The van der Waals surface area contributed by atoms with Gasteiger partial charge in [0.05, 0.1) is 30.5 Å². The van der Waals surface area contributed by atoms with Crippen molar-refractivity contribution in [3.8, 4) is 23.3 Å². The normalized spacial score (nSPS) is 17.6. The molecule has 0 radical (unpaired) electrons. The van der Waals surface area contributed by atoms with E-state index in [2.05, 4.69) is 17.5 Å². The van der Waals surface area contributed by atoms with Crippen LogP contribution in [0.4, 0.5) is 10.2 Å². The maximum atomic E-state index is 16.1. The van der Waals surface area contributed by atoms with Gasteiger partial charge in [0.2, 0.25) is 5.91 Å². The molecule has 0 bridgehead atoms. The topological polar surface area (TPSA) is 98.5 Å². The van der Waals surface area contributed by atoms with Crippen LogP contribution in [-0.4, -0.2) is 83.6 Å². The molecule has 2 fully saturated rings. The van der Waals surface area contributed by atoms with Crippen LogP contribution in [0.2, 0.25) is 0 Å². The second-order valence-electron chi connectivity index (χ2n) is 12.2. The van der Waals surface area contributed by atoms with Crippen molar-refractivity contribution in [3.63, 3.8) is 0 Å². The molecule has 2 aromatic carbocycles. The van der Waals surface area contributed by atoms with E-state index in [1.807, 2.05) is 62.3 Å². The Hall–Kier alpha value is -4.62. The predicted molar refractivity (Wildman–Crippen MR) is 169 cm³/mol. The first-order valence-corrected chi connectivity index (χ1v) is 14.9. The Bertz CT molecular complexity index is 1790. The SMILES string of the molecule is C=CC(=O)N1CCN(c2nc(OCC3(CN(C)C)CC3)nc3nc(-c4cccc5cccc(C)c45)c(F)cc23)C[C@@H]1CC#N. The molecule has 1 saturated carbocycles. The van der Waals surface area contributed by atoms with Gasteiger partial charge in [-0.3, -0.25) is 4.79 Å². The Morgan fingerprint density at radius 2 is 1.98 bits per heavy atom. The maximum Gasteiger partial charge on any atom is 0.320 e. The first-order chi connectivity index (χ1) is 21.2. The van der Waals surface area contributed by atoms with Crippen LogP contribution in [0, 0.1) is 29.5 Å². The number of halogens is 1. The number of ether oxygens (including phenoxy) is 1. The Kier molecular flexibility index (Phi) is 7.91. The zero-order valence-corrected chi connectivity index (χ0v) is 25.4. The van der Waals surface area contributed by atoms with E-state index in [0.717, 1.165) is 35.7 Å². The number of rotatable bonds is 9. The molecule has 1 aliphatic heterocycles. The second kappa shape index (κ2) is 11.8. The number of benzene rings is 2. The van der Waals surface area contributed by atoms with Crippen molar-refractivity contribution in [2.24, 2.45) is 5.41 Å². The summed E-state index contributed by atoms with van der Waals surface area (Å²) in [6.07, 6.45) is 3.54. The van der Waals surface area contributed by atoms with Gasteiger partial charge in [-0.05, 0) is 62.3 Å². The lowest BCUT2D eigenvalue weighted by molar-refractivity contribution is -0.128. The number of anilines is 1. The smallest absolute Gasteiger partial charge is 0.320 e. The monoisotopic (exact) mass is 593 g/mol. The summed E-state index contributed by atoms with van der Waals surface area (Å²) in [4.78, 5) is 32.6. The summed E-state index contributed by atoms with van der Waals surface area (Å²) in [5, 5.41) is 11.9. The summed E-state index contributed by atoms with van der Waals surface area (Å²) in [7, 11) is 4.10. The fourth-order valence-corrected chi connectivity index (χ4v) is 6.36. The van der Waals surface area contributed by atoms with Crippen molar-refractivity contribution < 1.29 is 13.9 Å². The minimum Gasteiger partial charge on any atom is -0.463 e. The fourth-order valence-electron chi connectivity index (χ4n) is 6.36. The van der Waals surface area contributed by atoms with E-state index in [1.54, 1.807) is 4.90 Å². The van der Waals surface area contributed by atoms with Crippen molar-refractivity contribution in [2.45, 2.75) is 32.2 Å². The summed E-state index contributed by atoms with van der Waals surface area (Å²) in [5.74, 6) is -0.230. The zero-order valence-electron chi connectivity index (χ0n) is 25.4. The van der Waals surface area contributed by atoms with Crippen LogP contribution in [-0.2, 0) is 4.79 Å². The molecule has 3 heterocycles. The average Bonchev–Trinajstić information content (AvgIpc) is 3.77. The molecule has 0 N–H and O–H groups in total. The van der Waals surface area contributed by atoms with Gasteiger partial charge < -0.3 is 19.4 Å². The van der Waals surface area contributed by atoms with Crippen molar-refractivity contribution >= 4 is 33.5 Å². The predicted octanol–water partition coefficient (Wildman–Crippen LogP) is 5.13. The Morgan fingerprint density at radius 3 is 2.68 bits per heavy atom. The van der Waals surface area contributed by atoms with Crippen molar-refractivity contribution in [1.29, 1.82) is 5.26 Å². The van der Waals surface area contributed by atoms with Gasteiger partial charge in [-0.25, -0.2) is 9.37 Å². The van der Waals surface area contributed by atoms with Crippen molar-refractivity contribution in [2.75, 3.05) is 51.8 Å². The molecule has 0 unspecified atom stereocenters. The molecule has 9 nitrogen and oxygen atoms in total. The van der Waals surface area contributed by atoms with Gasteiger partial charge in [0.15, 0.2) is 5.65 Å². The lowest BCUT2D eigenvalue weighted by atomic mass is 9.97. The van der Waals surface area contributed by atoms with E-state index in [4.69, 9.17) is 19.7 Å². The quantitative estimate of drug-likeness (QED) is 0.247. The highest BCUT2D eigenvalue weighted by atomic mass is 19.1. The number of pyridine rings is 1. The summed E-state index contributed by atoms with van der Waals surface area (Å²) < 4.78 is 22.3. The molecule has 1 saturated heterocycles. The van der Waals surface area contributed by atoms with Gasteiger partial charge in [-0.2, -0.15) is 15.2 Å². The molecule has 1 aliphatic carbocycles. The number of aromatic nitrogens is 3. The van der Waals surface area contributed by atoms with Gasteiger partial charge in [0.25, 0.3) is 0 Å². The number of nitriles is 1. The van der Waals surface area contributed by atoms with E-state index in [9.17, 15) is 10.1 Å². The number of amides is 1. The number of hydrogen-bond donors (Lipinski definition) is 0. The first kappa shape index (κ1) is 29.5. The van der Waals surface area contributed by atoms with Crippen molar-refractivity contribution in [3.05, 3.63) is 66.5 Å². The Morgan fingerprint density at radius 1 is 1.20 bits per heavy atom. The molecular formula is C34H36FN7O2. The molecule has 44 heavy (non-hydrogen) atoms. The lowest BCUT2D eigenvalue weighted by Gasteiger charge is -2.41. The second-order valence-corrected chi connectivity index (χ2v) is 12.2. The minimum absolute atomic E-state index is 0.0540. The van der Waals surface area contributed by atoms with E-state index in [0.29, 0.717) is 48.7 Å². The number of piperazine rings is 1. The van der Waals surface area contributed by atoms with Crippen LogP contribution < -0.4 is 9.64 Å². The number of nitrogens with zero attached hydrogens (tertiary/aromatic N) is 7. The summed E-state index contributed by atoms with van der Waals surface area (Å²) in [6.45, 7) is 8.13. The van der Waals surface area contributed by atoms with Crippen molar-refractivity contribution in [1.82, 2.24) is 24.8 Å². The molecule has 226 valence electrons. The number of hydrogen-bond acceptors (Lipinski definition) is 8.